The summed E-state index contributed by atoms with van der Waals surface area (Å²) in [5.41, 5.74) is -0.551. The number of halogens is 3. The van der Waals surface area contributed by atoms with Crippen LogP contribution in [0, 0.1) is 0 Å². The van der Waals surface area contributed by atoms with Crippen molar-refractivity contribution in [1.29, 1.82) is 0 Å². The van der Waals surface area contributed by atoms with Gasteiger partial charge in [0.2, 0.25) is 0 Å². The molecule has 0 aromatic carbocycles. The van der Waals surface area contributed by atoms with E-state index in [1.165, 1.54) is 13.2 Å². The lowest BCUT2D eigenvalue weighted by Crippen LogP contribution is -2.21. The molecule has 1 aliphatic rings. The Morgan fingerprint density at radius 3 is 2.75 bits per heavy atom. The van der Waals surface area contributed by atoms with Crippen molar-refractivity contribution in [2.75, 3.05) is 12.1 Å². The van der Waals surface area contributed by atoms with E-state index in [2.05, 4.69) is 10.1 Å². The summed E-state index contributed by atoms with van der Waals surface area (Å²) in [6, 6.07) is 2.10. The molecule has 2 heterocycles. The van der Waals surface area contributed by atoms with Gasteiger partial charge in [-0.3, -0.25) is 9.78 Å². The van der Waals surface area contributed by atoms with Crippen molar-refractivity contribution in [3.05, 3.63) is 24.0 Å². The number of hydrogen-bond donors (Lipinski definition) is 0. The average Bonchev–Trinajstić information content (AvgIpc) is 2.79. The number of amides is 1. The number of anilines is 1. The normalized spacial score (nSPS) is 17.4. The number of aromatic nitrogens is 1. The molecule has 0 N–H and O–H groups in total. The van der Waals surface area contributed by atoms with Crippen LogP contribution in [0.15, 0.2) is 23.4 Å². The number of nitrogens with zero attached hydrogens (tertiary/aromatic N) is 3. The summed E-state index contributed by atoms with van der Waals surface area (Å²) in [5, 5.41) is 4.96. The van der Waals surface area contributed by atoms with Crippen molar-refractivity contribution in [1.82, 2.24) is 4.98 Å². The average molecular weight is 287 g/mol. The highest BCUT2D eigenvalue weighted by Gasteiger charge is 2.34. The van der Waals surface area contributed by atoms with Gasteiger partial charge in [-0.05, 0) is 19.1 Å². The number of alkyl halides is 3. The fourth-order valence-corrected chi connectivity index (χ4v) is 1.72. The number of methoxy groups -OCH3 is 1. The molecular weight excluding hydrogens is 275 g/mol. The Labute approximate surface area is 113 Å². The third-order valence-electron chi connectivity index (χ3n) is 2.90. The van der Waals surface area contributed by atoms with Crippen LogP contribution in [-0.4, -0.2) is 29.8 Å². The number of carbonyl (C=O) groups excluding carboxylic acids is 1. The first-order valence-electron chi connectivity index (χ1n) is 5.79. The van der Waals surface area contributed by atoms with Crippen LogP contribution in [-0.2, 0) is 15.7 Å². The monoisotopic (exact) mass is 287 g/mol. The summed E-state index contributed by atoms with van der Waals surface area (Å²) in [6.45, 7) is 1.71. The van der Waals surface area contributed by atoms with E-state index in [-0.39, 0.29) is 18.2 Å². The minimum Gasteiger partial charge on any atom is -0.376 e. The topological polar surface area (TPSA) is 54.8 Å². The lowest BCUT2D eigenvalue weighted by molar-refractivity contribution is -0.141. The van der Waals surface area contributed by atoms with Gasteiger partial charge < -0.3 is 4.74 Å². The maximum absolute atomic E-state index is 12.6. The van der Waals surface area contributed by atoms with Crippen LogP contribution in [0.5, 0.6) is 0 Å². The molecule has 1 atom stereocenters. The van der Waals surface area contributed by atoms with Crippen molar-refractivity contribution < 1.29 is 22.7 Å². The van der Waals surface area contributed by atoms with E-state index in [1.807, 2.05) is 0 Å². The van der Waals surface area contributed by atoms with Gasteiger partial charge in [0.25, 0.3) is 5.91 Å². The molecule has 0 fully saturated rings. The van der Waals surface area contributed by atoms with Crippen molar-refractivity contribution in [2.45, 2.75) is 25.6 Å². The molecule has 1 amide bonds. The van der Waals surface area contributed by atoms with Gasteiger partial charge in [0.05, 0.1) is 23.9 Å². The quantitative estimate of drug-likeness (QED) is 0.856. The third-order valence-corrected chi connectivity index (χ3v) is 2.90. The third kappa shape index (κ3) is 2.79. The molecule has 8 heteroatoms. The van der Waals surface area contributed by atoms with Crippen LogP contribution in [0.1, 0.15) is 19.0 Å². The van der Waals surface area contributed by atoms with Crippen molar-refractivity contribution in [2.24, 2.45) is 5.10 Å². The predicted octanol–water partition coefficient (Wildman–Crippen LogP) is 2.23. The van der Waals surface area contributed by atoms with Gasteiger partial charge in [-0.15, -0.1) is 0 Å². The largest absolute Gasteiger partial charge is 0.433 e. The minimum atomic E-state index is -4.56. The van der Waals surface area contributed by atoms with Crippen LogP contribution in [0.25, 0.3) is 0 Å². The molecular formula is C12H12F3N3O2. The van der Waals surface area contributed by atoms with Crippen molar-refractivity contribution >= 4 is 17.3 Å². The van der Waals surface area contributed by atoms with Gasteiger partial charge in [-0.2, -0.15) is 18.3 Å². The summed E-state index contributed by atoms with van der Waals surface area (Å²) in [5.74, 6) is -0.400. The fraction of sp³-hybridized carbons (Fsp3) is 0.417. The molecule has 2 rings (SSSR count). The van der Waals surface area contributed by atoms with Gasteiger partial charge in [0.15, 0.2) is 0 Å². The van der Waals surface area contributed by atoms with Crippen LogP contribution >= 0.6 is 0 Å². The van der Waals surface area contributed by atoms with Gasteiger partial charge in [-0.25, -0.2) is 5.01 Å². The maximum atomic E-state index is 12.6. The Morgan fingerprint density at radius 2 is 2.15 bits per heavy atom. The summed E-state index contributed by atoms with van der Waals surface area (Å²) in [4.78, 5) is 15.1. The van der Waals surface area contributed by atoms with E-state index in [0.717, 1.165) is 17.3 Å². The standard InChI is InChI=1S/C12H12F3N3O2/c1-7(20-2)9-6-11(19)18(17-9)8-3-4-16-10(5-8)12(13,14)15/h3-5,7H,6H2,1-2H3. The lowest BCUT2D eigenvalue weighted by Gasteiger charge is -2.13. The Balaban J connectivity index is 2.32. The highest BCUT2D eigenvalue weighted by Crippen LogP contribution is 2.31. The summed E-state index contributed by atoms with van der Waals surface area (Å²) in [7, 11) is 1.47. The molecule has 1 aromatic rings. The maximum Gasteiger partial charge on any atom is 0.433 e. The van der Waals surface area contributed by atoms with Crippen LogP contribution in [0.2, 0.25) is 0 Å². The van der Waals surface area contributed by atoms with Crippen molar-refractivity contribution in [3.63, 3.8) is 0 Å². The minimum absolute atomic E-state index is 0.0265. The Hall–Kier alpha value is -1.96. The second kappa shape index (κ2) is 5.20. The highest BCUT2D eigenvalue weighted by molar-refractivity contribution is 6.14. The predicted molar refractivity (Wildman–Crippen MR) is 65.2 cm³/mol. The molecule has 1 aromatic heterocycles. The summed E-state index contributed by atoms with van der Waals surface area (Å²) in [6.07, 6.45) is -3.91. The first-order valence-corrected chi connectivity index (χ1v) is 5.79. The Bertz CT molecular complexity index is 557. The number of ether oxygens (including phenoxy) is 1. The summed E-state index contributed by atoms with van der Waals surface area (Å²) < 4.78 is 42.8. The van der Waals surface area contributed by atoms with Crippen molar-refractivity contribution in [3.8, 4) is 0 Å². The molecule has 108 valence electrons. The summed E-state index contributed by atoms with van der Waals surface area (Å²) >= 11 is 0. The second-order valence-corrected chi connectivity index (χ2v) is 4.25. The van der Waals surface area contributed by atoms with Gasteiger partial charge in [0, 0.05) is 13.3 Å². The first kappa shape index (κ1) is 14.4. The zero-order valence-corrected chi connectivity index (χ0v) is 10.8. The molecule has 0 bridgehead atoms. The van der Waals surface area contributed by atoms with E-state index in [1.54, 1.807) is 6.92 Å². The zero-order chi connectivity index (χ0) is 14.9. The molecule has 0 saturated heterocycles. The van der Waals surface area contributed by atoms with Crippen LogP contribution < -0.4 is 5.01 Å². The molecule has 1 unspecified atom stereocenters. The molecule has 0 spiro atoms. The number of pyridine rings is 1. The van der Waals surface area contributed by atoms with E-state index in [0.29, 0.717) is 5.71 Å². The number of carbonyl (C=O) groups is 1. The van der Waals surface area contributed by atoms with Crippen LogP contribution in [0.4, 0.5) is 18.9 Å². The zero-order valence-electron chi connectivity index (χ0n) is 10.8. The molecule has 0 radical (unpaired) electrons. The van der Waals surface area contributed by atoms with E-state index >= 15 is 0 Å². The van der Waals surface area contributed by atoms with E-state index < -0.39 is 17.8 Å². The second-order valence-electron chi connectivity index (χ2n) is 4.25. The van der Waals surface area contributed by atoms with E-state index in [4.69, 9.17) is 4.74 Å². The van der Waals surface area contributed by atoms with Gasteiger partial charge >= 0.3 is 6.18 Å². The molecule has 0 aliphatic carbocycles. The Kier molecular flexibility index (Phi) is 3.76. The smallest absolute Gasteiger partial charge is 0.376 e. The SMILES string of the molecule is COC(C)C1=NN(c2ccnc(C(F)(F)F)c2)C(=O)C1. The molecule has 5 nitrogen and oxygen atoms in total. The van der Waals surface area contributed by atoms with Gasteiger partial charge in [0.1, 0.15) is 5.69 Å². The number of rotatable bonds is 3. The molecule has 1 aliphatic heterocycles. The fourth-order valence-electron chi connectivity index (χ4n) is 1.72. The Morgan fingerprint density at radius 1 is 1.45 bits per heavy atom. The lowest BCUT2D eigenvalue weighted by atomic mass is 10.2. The highest BCUT2D eigenvalue weighted by atomic mass is 19.4. The van der Waals surface area contributed by atoms with Crippen LogP contribution in [0.3, 0.4) is 0 Å². The van der Waals surface area contributed by atoms with Gasteiger partial charge in [-0.1, -0.05) is 0 Å². The first-order chi connectivity index (χ1) is 9.32. The molecule has 0 saturated carbocycles. The number of hydrazone groups is 1. The molecule has 20 heavy (non-hydrogen) atoms. The van der Waals surface area contributed by atoms with E-state index in [9.17, 15) is 18.0 Å². The number of hydrogen-bond acceptors (Lipinski definition) is 4.